The van der Waals surface area contributed by atoms with Gasteiger partial charge < -0.3 is 17.7 Å². The summed E-state index contributed by atoms with van der Waals surface area (Å²) >= 11 is 4.64. The Morgan fingerprint density at radius 1 is 1.42 bits per heavy atom. The van der Waals surface area contributed by atoms with E-state index < -0.39 is 4.92 Å². The molecule has 0 atom stereocenters. The summed E-state index contributed by atoms with van der Waals surface area (Å²) in [4.78, 5) is 9.81. The maximum absolute atomic E-state index is 10.2. The van der Waals surface area contributed by atoms with Crippen LogP contribution in [-0.2, 0) is 12.6 Å². The van der Waals surface area contributed by atoms with Crippen LogP contribution in [0.5, 0.6) is 5.75 Å². The normalized spacial score (nSPS) is 8.67. The van der Waals surface area contributed by atoms with Gasteiger partial charge in [0.2, 0.25) is 0 Å². The van der Waals surface area contributed by atoms with Crippen molar-refractivity contribution in [2.24, 2.45) is 0 Å². The van der Waals surface area contributed by atoms with E-state index in [1.807, 2.05) is 0 Å². The largest absolute Gasteiger partial charge is 1.00 e. The summed E-state index contributed by atoms with van der Waals surface area (Å²) in [5, 5.41) is 19.0. The number of hydrogen-bond acceptors (Lipinski definition) is 4. The third kappa shape index (κ3) is 3.34. The number of nitrogens with zero attached hydrogens (tertiary/aromatic N) is 1. The third-order valence-electron chi connectivity index (χ3n) is 1.09. The molecule has 58 valence electrons. The quantitative estimate of drug-likeness (QED) is 0.257. The van der Waals surface area contributed by atoms with E-state index in [9.17, 15) is 10.1 Å². The van der Waals surface area contributed by atoms with E-state index >= 15 is 0 Å². The van der Waals surface area contributed by atoms with E-state index in [1.165, 1.54) is 12.1 Å². The fourth-order valence-electron chi connectivity index (χ4n) is 0.673. The predicted octanol–water partition coefficient (Wildman–Crippen LogP) is -1.79. The van der Waals surface area contributed by atoms with Crippen LogP contribution in [0.3, 0.4) is 0 Å². The van der Waals surface area contributed by atoms with Gasteiger partial charge in [-0.3, -0.25) is 10.1 Å². The van der Waals surface area contributed by atoms with Crippen LogP contribution in [0.4, 0.5) is 5.69 Å². The van der Waals surface area contributed by atoms with E-state index in [0.29, 0.717) is 0 Å². The number of phenols is 1. The number of non-ortho nitro benzene ring substituents is 1. The maximum Gasteiger partial charge on any atom is 1.00 e. The molecule has 4 nitrogen and oxygen atoms in total. The number of nitro benzene ring substituents is 1. The number of rotatable bonds is 1. The summed E-state index contributed by atoms with van der Waals surface area (Å²) < 4.78 is 0. The monoisotopic (exact) mass is 209 g/mol. The summed E-state index contributed by atoms with van der Waals surface area (Å²) in [6.45, 7) is 0. The molecule has 0 radical (unpaired) electrons. The fourth-order valence-corrected chi connectivity index (χ4v) is 0.915. The molecule has 0 aliphatic heterocycles. The van der Waals surface area contributed by atoms with Crippen LogP contribution >= 0.6 is 0 Å². The molecule has 0 bridgehead atoms. The molecular formula is C6H4KNO3S. The van der Waals surface area contributed by atoms with Crippen LogP contribution in [0.1, 0.15) is 0 Å². The molecule has 1 rings (SSSR count). The molecule has 0 aromatic heterocycles. The van der Waals surface area contributed by atoms with Gasteiger partial charge in [-0.1, -0.05) is 0 Å². The van der Waals surface area contributed by atoms with Crippen molar-refractivity contribution in [1.82, 2.24) is 0 Å². The van der Waals surface area contributed by atoms with Crippen LogP contribution in [0.25, 0.3) is 0 Å². The molecule has 0 unspecified atom stereocenters. The van der Waals surface area contributed by atoms with E-state index in [0.717, 1.165) is 6.07 Å². The molecule has 0 spiro atoms. The van der Waals surface area contributed by atoms with E-state index in [2.05, 4.69) is 12.6 Å². The van der Waals surface area contributed by atoms with Gasteiger partial charge in [0.15, 0.2) is 0 Å². The Morgan fingerprint density at radius 3 is 2.42 bits per heavy atom. The van der Waals surface area contributed by atoms with Gasteiger partial charge in [-0.05, 0) is 12.1 Å². The Morgan fingerprint density at radius 2 is 2.00 bits per heavy atom. The van der Waals surface area contributed by atoms with Crippen LogP contribution in [-0.4, -0.2) is 10.0 Å². The van der Waals surface area contributed by atoms with Crippen LogP contribution in [0.2, 0.25) is 0 Å². The standard InChI is InChI=1S/C6H5NO3S.K/c8-5-1-4(7(9)10)2-6(11)3-5;/h1-3,8,11H;/q;+1/p-1. The first-order chi connectivity index (χ1) is 5.09. The Hall–Kier alpha value is 0.276. The van der Waals surface area contributed by atoms with Crippen molar-refractivity contribution >= 4 is 18.3 Å². The second-order valence-electron chi connectivity index (χ2n) is 1.94. The number of hydrogen-bond donors (Lipinski definition) is 1. The average Bonchev–Trinajstić information content (AvgIpc) is 1.85. The Kier molecular flexibility index (Phi) is 5.22. The van der Waals surface area contributed by atoms with Crippen LogP contribution in [0, 0.1) is 10.1 Å². The van der Waals surface area contributed by atoms with Crippen molar-refractivity contribution < 1.29 is 61.4 Å². The topological polar surface area (TPSA) is 63.4 Å². The van der Waals surface area contributed by atoms with Crippen molar-refractivity contribution in [2.75, 3.05) is 0 Å². The fraction of sp³-hybridized carbons (Fsp3) is 0. The van der Waals surface area contributed by atoms with Crippen molar-refractivity contribution in [1.29, 1.82) is 0 Å². The summed E-state index contributed by atoms with van der Waals surface area (Å²) in [5.41, 5.74) is -0.185. The van der Waals surface area contributed by atoms with Gasteiger partial charge in [-0.25, -0.2) is 0 Å². The van der Waals surface area contributed by atoms with Crippen molar-refractivity contribution in [2.45, 2.75) is 4.90 Å². The average molecular weight is 209 g/mol. The first-order valence-corrected chi connectivity index (χ1v) is 3.16. The molecule has 1 N–H and O–H groups in total. The van der Waals surface area contributed by atoms with E-state index in [-0.39, 0.29) is 67.7 Å². The minimum Gasteiger partial charge on any atom is -0.779 e. The van der Waals surface area contributed by atoms with E-state index in [1.54, 1.807) is 0 Å². The number of nitro groups is 1. The summed E-state index contributed by atoms with van der Waals surface area (Å²) in [5.74, 6) is -0.177. The predicted molar refractivity (Wildman–Crippen MR) is 40.4 cm³/mol. The zero-order valence-electron chi connectivity index (χ0n) is 6.35. The Balaban J connectivity index is 0.00000121. The molecule has 0 aliphatic rings. The molecule has 0 heterocycles. The molecule has 12 heavy (non-hydrogen) atoms. The second kappa shape index (κ2) is 5.10. The Labute approximate surface area is 117 Å². The summed E-state index contributed by atoms with van der Waals surface area (Å²) in [7, 11) is 0. The zero-order valence-corrected chi connectivity index (χ0v) is 10.3. The van der Waals surface area contributed by atoms with Gasteiger partial charge in [0, 0.05) is 0 Å². The molecule has 0 fully saturated rings. The molecule has 6 heteroatoms. The first-order valence-electron chi connectivity index (χ1n) is 2.75. The molecule has 0 amide bonds. The molecule has 1 aromatic rings. The van der Waals surface area contributed by atoms with Crippen molar-refractivity contribution in [3.8, 4) is 5.75 Å². The molecular weight excluding hydrogens is 205 g/mol. The van der Waals surface area contributed by atoms with Crippen LogP contribution < -0.4 is 51.4 Å². The van der Waals surface area contributed by atoms with Crippen molar-refractivity contribution in [3.63, 3.8) is 0 Å². The minimum absolute atomic E-state index is 0. The summed E-state index contributed by atoms with van der Waals surface area (Å²) in [6, 6.07) is 3.55. The van der Waals surface area contributed by atoms with Gasteiger partial charge in [-0.15, -0.1) is 0 Å². The third-order valence-corrected chi connectivity index (χ3v) is 1.32. The molecule has 0 saturated carbocycles. The number of phenolic OH excluding ortho intramolecular Hbond substituents is 1. The smallest absolute Gasteiger partial charge is 0.779 e. The van der Waals surface area contributed by atoms with Gasteiger partial charge >= 0.3 is 51.4 Å². The molecule has 0 aliphatic carbocycles. The second-order valence-corrected chi connectivity index (χ2v) is 2.41. The maximum atomic E-state index is 10.2. The molecule has 0 saturated heterocycles. The Bertz CT molecular complexity index is 285. The van der Waals surface area contributed by atoms with E-state index in [4.69, 9.17) is 5.11 Å². The zero-order chi connectivity index (χ0) is 8.43. The first kappa shape index (κ1) is 12.3. The molecule has 1 aromatic carbocycles. The minimum atomic E-state index is -0.602. The van der Waals surface area contributed by atoms with Crippen molar-refractivity contribution in [3.05, 3.63) is 28.3 Å². The van der Waals surface area contributed by atoms with Gasteiger partial charge in [0.1, 0.15) is 5.75 Å². The summed E-state index contributed by atoms with van der Waals surface area (Å²) in [6.07, 6.45) is 0. The SMILES string of the molecule is O=[N+]([O-])c1cc(O)cc([S-])c1.[K+]. The van der Waals surface area contributed by atoms with Crippen LogP contribution in [0.15, 0.2) is 23.1 Å². The number of aromatic hydroxyl groups is 1. The number of benzene rings is 1. The van der Waals surface area contributed by atoms with Gasteiger partial charge in [0.05, 0.1) is 11.0 Å². The van der Waals surface area contributed by atoms with Gasteiger partial charge in [-0.2, -0.15) is 4.90 Å². The van der Waals surface area contributed by atoms with Gasteiger partial charge in [0.25, 0.3) is 5.69 Å².